The van der Waals surface area contributed by atoms with Crippen molar-refractivity contribution in [2.45, 2.75) is 19.9 Å². The van der Waals surface area contributed by atoms with Gasteiger partial charge in [-0.25, -0.2) is 14.3 Å². The predicted molar refractivity (Wildman–Crippen MR) is 58.6 cm³/mol. The number of anilines is 1. The normalized spacial score (nSPS) is 10.9. The van der Waals surface area contributed by atoms with E-state index < -0.39 is 6.09 Å². The molecule has 2 heterocycles. The number of aromatic nitrogens is 3. The molecule has 1 amide bonds. The molecule has 0 atom stereocenters. The van der Waals surface area contributed by atoms with Gasteiger partial charge in [0.05, 0.1) is 23.6 Å². The van der Waals surface area contributed by atoms with Crippen LogP contribution in [0, 0.1) is 0 Å². The van der Waals surface area contributed by atoms with Crippen LogP contribution in [0.4, 0.5) is 10.5 Å². The van der Waals surface area contributed by atoms with Gasteiger partial charge in [-0.3, -0.25) is 4.90 Å². The van der Waals surface area contributed by atoms with Gasteiger partial charge >= 0.3 is 6.09 Å². The van der Waals surface area contributed by atoms with E-state index >= 15 is 0 Å². The molecule has 6 nitrogen and oxygen atoms in total. The van der Waals surface area contributed by atoms with Crippen molar-refractivity contribution in [3.63, 3.8) is 0 Å². The first-order valence-corrected chi connectivity index (χ1v) is 4.90. The Kier molecular flexibility index (Phi) is 2.47. The van der Waals surface area contributed by atoms with Crippen LogP contribution in [-0.2, 0) is 0 Å². The average molecular weight is 220 g/mol. The maximum Gasteiger partial charge on any atom is 0.412 e. The fraction of sp³-hybridized carbons (Fsp3) is 0.300. The molecule has 0 unspecified atom stereocenters. The summed E-state index contributed by atoms with van der Waals surface area (Å²) in [5.41, 5.74) is 1.37. The third kappa shape index (κ3) is 1.69. The molecule has 0 fully saturated rings. The van der Waals surface area contributed by atoms with Crippen molar-refractivity contribution in [3.05, 3.63) is 24.8 Å². The number of carbonyl (C=O) groups is 1. The highest BCUT2D eigenvalue weighted by Gasteiger charge is 2.19. The van der Waals surface area contributed by atoms with Gasteiger partial charge in [0.15, 0.2) is 0 Å². The lowest BCUT2D eigenvalue weighted by atomic mass is 10.3. The number of amides is 1. The van der Waals surface area contributed by atoms with Crippen molar-refractivity contribution in [3.8, 4) is 0 Å². The van der Waals surface area contributed by atoms with Crippen LogP contribution < -0.4 is 4.90 Å². The summed E-state index contributed by atoms with van der Waals surface area (Å²) in [6.07, 6.45) is 3.75. The molecule has 0 radical (unpaired) electrons. The Hall–Kier alpha value is -2.11. The highest BCUT2D eigenvalue weighted by Crippen LogP contribution is 2.20. The van der Waals surface area contributed by atoms with E-state index in [-0.39, 0.29) is 6.04 Å². The summed E-state index contributed by atoms with van der Waals surface area (Å²) in [4.78, 5) is 16.3. The molecule has 0 bridgehead atoms. The van der Waals surface area contributed by atoms with Crippen LogP contribution in [0.2, 0.25) is 0 Å². The highest BCUT2D eigenvalue weighted by molar-refractivity contribution is 5.87. The Morgan fingerprint density at radius 1 is 1.56 bits per heavy atom. The molecule has 0 spiro atoms. The van der Waals surface area contributed by atoms with Gasteiger partial charge in [0.25, 0.3) is 0 Å². The third-order valence-electron chi connectivity index (χ3n) is 2.27. The molecule has 84 valence electrons. The lowest BCUT2D eigenvalue weighted by molar-refractivity contribution is 0.200. The summed E-state index contributed by atoms with van der Waals surface area (Å²) >= 11 is 0. The van der Waals surface area contributed by atoms with Crippen LogP contribution >= 0.6 is 0 Å². The van der Waals surface area contributed by atoms with E-state index in [2.05, 4.69) is 10.1 Å². The van der Waals surface area contributed by atoms with E-state index in [0.29, 0.717) is 5.69 Å². The van der Waals surface area contributed by atoms with Gasteiger partial charge in [0, 0.05) is 6.04 Å². The molecule has 6 heteroatoms. The third-order valence-corrected chi connectivity index (χ3v) is 2.27. The Bertz CT molecular complexity index is 487. The van der Waals surface area contributed by atoms with Gasteiger partial charge in [-0.15, -0.1) is 0 Å². The Labute approximate surface area is 92.1 Å². The van der Waals surface area contributed by atoms with Crippen molar-refractivity contribution in [2.75, 3.05) is 4.90 Å². The predicted octanol–water partition coefficient (Wildman–Crippen LogP) is 1.62. The number of hydrogen-bond acceptors (Lipinski definition) is 3. The van der Waals surface area contributed by atoms with E-state index in [9.17, 15) is 4.79 Å². The molecule has 0 aromatic carbocycles. The maximum absolute atomic E-state index is 11.1. The molecule has 16 heavy (non-hydrogen) atoms. The zero-order valence-electron chi connectivity index (χ0n) is 9.03. The number of carboxylic acid groups (broad SMARTS) is 1. The van der Waals surface area contributed by atoms with Crippen LogP contribution in [-0.4, -0.2) is 31.8 Å². The molecule has 2 rings (SSSR count). The second-order valence-electron chi connectivity index (χ2n) is 3.72. The number of rotatable bonds is 2. The summed E-state index contributed by atoms with van der Waals surface area (Å²) in [5.74, 6) is 0. The first-order valence-electron chi connectivity index (χ1n) is 4.90. The van der Waals surface area contributed by atoms with E-state index in [4.69, 9.17) is 5.11 Å². The second-order valence-corrected chi connectivity index (χ2v) is 3.72. The molecule has 2 aromatic rings. The minimum absolute atomic E-state index is 0.122. The first-order chi connectivity index (χ1) is 7.59. The van der Waals surface area contributed by atoms with Crippen molar-refractivity contribution in [1.29, 1.82) is 0 Å². The number of nitrogens with zero attached hydrogens (tertiary/aromatic N) is 4. The van der Waals surface area contributed by atoms with Gasteiger partial charge in [-0.2, -0.15) is 5.10 Å². The van der Waals surface area contributed by atoms with Crippen molar-refractivity contribution in [2.24, 2.45) is 0 Å². The zero-order chi connectivity index (χ0) is 11.7. The van der Waals surface area contributed by atoms with Gasteiger partial charge in [0.1, 0.15) is 6.33 Å². The molecule has 0 saturated heterocycles. The van der Waals surface area contributed by atoms with Crippen LogP contribution in [0.1, 0.15) is 13.8 Å². The lowest BCUT2D eigenvalue weighted by Gasteiger charge is -2.21. The zero-order valence-corrected chi connectivity index (χ0v) is 9.03. The number of hydrogen-bond donors (Lipinski definition) is 1. The van der Waals surface area contributed by atoms with Gasteiger partial charge in [-0.05, 0) is 19.9 Å². The van der Waals surface area contributed by atoms with Crippen LogP contribution in [0.25, 0.3) is 5.52 Å². The molecule has 0 aliphatic carbocycles. The van der Waals surface area contributed by atoms with Crippen molar-refractivity contribution >= 4 is 17.3 Å². The SMILES string of the molecule is CC(C)N(C(=O)O)c1cc2cncnn2c1. The van der Waals surface area contributed by atoms with Crippen LogP contribution in [0.3, 0.4) is 0 Å². The maximum atomic E-state index is 11.1. The van der Waals surface area contributed by atoms with E-state index in [1.54, 1.807) is 23.0 Å². The summed E-state index contributed by atoms with van der Waals surface area (Å²) < 4.78 is 1.60. The van der Waals surface area contributed by atoms with Gasteiger partial charge < -0.3 is 5.11 Å². The summed E-state index contributed by atoms with van der Waals surface area (Å²) in [5, 5.41) is 13.1. The van der Waals surface area contributed by atoms with Gasteiger partial charge in [-0.1, -0.05) is 0 Å². The molecule has 0 saturated carbocycles. The molecular weight excluding hydrogens is 208 g/mol. The lowest BCUT2D eigenvalue weighted by Crippen LogP contribution is -2.35. The minimum atomic E-state index is -0.973. The minimum Gasteiger partial charge on any atom is -0.465 e. The first kappa shape index (κ1) is 10.4. The molecule has 0 aliphatic heterocycles. The van der Waals surface area contributed by atoms with E-state index in [1.807, 2.05) is 13.8 Å². The summed E-state index contributed by atoms with van der Waals surface area (Å²) in [7, 11) is 0. The van der Waals surface area contributed by atoms with Crippen LogP contribution in [0.15, 0.2) is 24.8 Å². The second kappa shape index (κ2) is 3.80. The Morgan fingerprint density at radius 3 is 2.88 bits per heavy atom. The number of fused-ring (bicyclic) bond motifs is 1. The topological polar surface area (TPSA) is 70.7 Å². The monoisotopic (exact) mass is 220 g/mol. The molecule has 1 N–H and O–H groups in total. The smallest absolute Gasteiger partial charge is 0.412 e. The highest BCUT2D eigenvalue weighted by atomic mass is 16.4. The van der Waals surface area contributed by atoms with Crippen molar-refractivity contribution < 1.29 is 9.90 Å². The Morgan fingerprint density at radius 2 is 2.31 bits per heavy atom. The summed E-state index contributed by atoms with van der Waals surface area (Å²) in [6.45, 7) is 3.64. The van der Waals surface area contributed by atoms with Crippen molar-refractivity contribution in [1.82, 2.24) is 14.6 Å². The van der Waals surface area contributed by atoms with Crippen LogP contribution in [0.5, 0.6) is 0 Å². The average Bonchev–Trinajstić information content (AvgIpc) is 2.58. The standard InChI is InChI=1S/C10H12N4O2/c1-7(2)14(10(15)16)9-3-8-4-11-6-12-13(8)5-9/h3-7H,1-2H3,(H,15,16). The quantitative estimate of drug-likeness (QED) is 0.834. The largest absolute Gasteiger partial charge is 0.465 e. The fourth-order valence-corrected chi connectivity index (χ4v) is 1.61. The molecule has 0 aliphatic rings. The molecule has 2 aromatic heterocycles. The summed E-state index contributed by atoms with van der Waals surface area (Å²) in [6, 6.07) is 1.62. The van der Waals surface area contributed by atoms with E-state index in [1.165, 1.54) is 11.2 Å². The van der Waals surface area contributed by atoms with Gasteiger partial charge in [0.2, 0.25) is 0 Å². The Balaban J connectivity index is 2.49. The fourth-order valence-electron chi connectivity index (χ4n) is 1.61. The molecular formula is C10H12N4O2. The van der Waals surface area contributed by atoms with E-state index in [0.717, 1.165) is 5.52 Å².